The number of nitrogens with two attached hydrogens (primary N) is 1. The number of aliphatic hydroxyl groups excluding tert-OH is 5. The molecule has 1 fully saturated rings. The maximum atomic E-state index is 12.3. The van der Waals surface area contributed by atoms with Crippen LogP contribution in [-0.2, 0) is 14.4 Å². The van der Waals surface area contributed by atoms with Crippen molar-refractivity contribution in [2.75, 3.05) is 26.8 Å². The number of carboxylic acids is 2. The smallest absolute Gasteiger partial charge is 0.328 e. The van der Waals surface area contributed by atoms with Crippen LogP contribution in [0, 0.1) is 5.41 Å². The molecule has 0 saturated carbocycles. The molecule has 0 radical (unpaired) electrons. The fraction of sp³-hybridized carbons (Fsp3) is 0.600. The largest absolute Gasteiger partial charge is 0.478 e. The van der Waals surface area contributed by atoms with Gasteiger partial charge in [0, 0.05) is 19.2 Å². The number of carbonyl (C=O) groups is 3. The van der Waals surface area contributed by atoms with Crippen LogP contribution in [0.4, 0.5) is 0 Å². The molecule has 1 rings (SSSR count). The highest BCUT2D eigenvalue weighted by atomic mass is 16.4. The van der Waals surface area contributed by atoms with E-state index in [0.29, 0.717) is 12.2 Å². The third-order valence-electron chi connectivity index (χ3n) is 4.02. The zero-order chi connectivity index (χ0) is 22.9. The van der Waals surface area contributed by atoms with Crippen molar-refractivity contribution in [2.24, 2.45) is 5.73 Å². The van der Waals surface area contributed by atoms with Gasteiger partial charge in [0.15, 0.2) is 5.96 Å². The Morgan fingerprint density at radius 2 is 1.34 bits per heavy atom. The van der Waals surface area contributed by atoms with E-state index in [1.54, 1.807) is 0 Å². The van der Waals surface area contributed by atoms with E-state index in [-0.39, 0.29) is 12.5 Å². The Bertz CT molecular complexity index is 594. The molecule has 0 aromatic carbocycles. The van der Waals surface area contributed by atoms with Crippen LogP contribution in [0.3, 0.4) is 0 Å². The van der Waals surface area contributed by atoms with E-state index in [1.807, 2.05) is 0 Å². The summed E-state index contributed by atoms with van der Waals surface area (Å²) in [5.41, 5.74) is 5.23. The average molecular weight is 422 g/mol. The summed E-state index contributed by atoms with van der Waals surface area (Å²) in [6.45, 7) is -1.65. The Kier molecular flexibility index (Phi) is 10.8. The van der Waals surface area contributed by atoms with Gasteiger partial charge in [0.2, 0.25) is 5.91 Å². The second-order valence-corrected chi connectivity index (χ2v) is 6.02. The van der Waals surface area contributed by atoms with E-state index in [9.17, 15) is 39.9 Å². The van der Waals surface area contributed by atoms with Crippen LogP contribution in [0.25, 0.3) is 0 Å². The van der Waals surface area contributed by atoms with Gasteiger partial charge < -0.3 is 51.3 Å². The van der Waals surface area contributed by atoms with Gasteiger partial charge in [0.05, 0.1) is 31.8 Å². The van der Waals surface area contributed by atoms with Crippen molar-refractivity contribution in [3.63, 3.8) is 0 Å². The zero-order valence-electron chi connectivity index (χ0n) is 15.5. The topological polar surface area (TPSA) is 249 Å². The number of aliphatic hydroxyl groups is 5. The maximum absolute atomic E-state index is 12.3. The summed E-state index contributed by atoms with van der Waals surface area (Å²) in [5, 5.41) is 70.9. The number of nitrogens with zero attached hydrogens (tertiary/aromatic N) is 2. The number of hydrogen-bond acceptors (Lipinski definition) is 9. The third kappa shape index (κ3) is 7.63. The number of aliphatic carboxylic acids is 2. The van der Waals surface area contributed by atoms with Crippen LogP contribution in [0.2, 0.25) is 0 Å². The molecule has 0 aliphatic carbocycles. The van der Waals surface area contributed by atoms with Gasteiger partial charge in [-0.25, -0.2) is 9.59 Å². The predicted octanol–water partition coefficient (Wildman–Crippen LogP) is -4.83. The van der Waals surface area contributed by atoms with Crippen LogP contribution < -0.4 is 5.73 Å². The fourth-order valence-electron chi connectivity index (χ4n) is 2.51. The summed E-state index contributed by atoms with van der Waals surface area (Å²) in [7, 11) is 1.40. The van der Waals surface area contributed by atoms with Crippen LogP contribution >= 0.6 is 0 Å². The standard InChI is InChI=1S/C11H22N4O6.C4H4O4/c1-14(11(12)13)2-7(18)15-5(3-16)8(19)10(21)9(20)6(15)4-17;5-3(6)1-2-4(7)8/h5-6,8-10,16-17,19-21H,2-4H2,1H3,(H3,12,13);1-2H,(H,5,6)(H,7,8)/b;2-1-/t5-,6-,8-,9+,10?;/m1./s1. The van der Waals surface area contributed by atoms with Crippen LogP contribution in [-0.4, -0.2) is 127 Å². The number of guanidine groups is 1. The number of hydrogen-bond donors (Lipinski definition) is 9. The molecule has 166 valence electrons. The molecule has 0 spiro atoms. The van der Waals surface area contributed by atoms with Crippen molar-refractivity contribution >= 4 is 23.8 Å². The molecule has 14 heteroatoms. The van der Waals surface area contributed by atoms with Gasteiger partial charge in [-0.05, 0) is 0 Å². The first kappa shape index (κ1) is 26.2. The van der Waals surface area contributed by atoms with Crippen molar-refractivity contribution in [2.45, 2.75) is 30.4 Å². The van der Waals surface area contributed by atoms with Crippen molar-refractivity contribution in [3.05, 3.63) is 12.2 Å². The first-order chi connectivity index (χ1) is 13.4. The van der Waals surface area contributed by atoms with E-state index in [4.69, 9.17) is 21.4 Å². The summed E-state index contributed by atoms with van der Waals surface area (Å²) in [4.78, 5) is 33.4. The van der Waals surface area contributed by atoms with Gasteiger partial charge in [-0.3, -0.25) is 10.2 Å². The van der Waals surface area contributed by atoms with Crippen LogP contribution in [0.1, 0.15) is 0 Å². The van der Waals surface area contributed by atoms with E-state index in [0.717, 1.165) is 9.80 Å². The lowest BCUT2D eigenvalue weighted by atomic mass is 9.88. The second kappa shape index (κ2) is 11.9. The summed E-state index contributed by atoms with van der Waals surface area (Å²) < 4.78 is 0. The maximum Gasteiger partial charge on any atom is 0.328 e. The summed E-state index contributed by atoms with van der Waals surface area (Å²) in [5.74, 6) is -3.53. The molecule has 10 N–H and O–H groups in total. The SMILES string of the molecule is CN(CC(=O)N1[C@H](CO)[C@H](O)C(O)[C@H](O)[C@H]1CO)C(=N)N.O=C(O)/C=C\C(=O)O. The van der Waals surface area contributed by atoms with Crippen LogP contribution in [0.5, 0.6) is 0 Å². The molecule has 0 bridgehead atoms. The first-order valence-corrected chi connectivity index (χ1v) is 8.15. The van der Waals surface area contributed by atoms with Gasteiger partial charge in [-0.2, -0.15) is 0 Å². The summed E-state index contributed by atoms with van der Waals surface area (Å²) in [6, 6.07) is -2.35. The van der Waals surface area contributed by atoms with Crippen molar-refractivity contribution < 1.29 is 50.1 Å². The third-order valence-corrected chi connectivity index (χ3v) is 4.02. The monoisotopic (exact) mass is 422 g/mol. The van der Waals surface area contributed by atoms with Crippen molar-refractivity contribution in [1.29, 1.82) is 5.41 Å². The number of nitrogens with one attached hydrogen (secondary N) is 1. The highest BCUT2D eigenvalue weighted by Crippen LogP contribution is 2.24. The molecule has 1 aliphatic heterocycles. The molecular weight excluding hydrogens is 396 g/mol. The van der Waals surface area contributed by atoms with Crippen molar-refractivity contribution in [3.8, 4) is 0 Å². The Balaban J connectivity index is 0.000000828. The Morgan fingerprint density at radius 3 is 1.62 bits per heavy atom. The fourth-order valence-corrected chi connectivity index (χ4v) is 2.51. The summed E-state index contributed by atoms with van der Waals surface area (Å²) >= 11 is 0. The minimum absolute atomic E-state index is 0.335. The van der Waals surface area contributed by atoms with E-state index in [1.165, 1.54) is 7.05 Å². The molecule has 0 aromatic rings. The number of amides is 1. The number of piperidine rings is 1. The lowest BCUT2D eigenvalue weighted by molar-refractivity contribution is -0.187. The normalized spacial score (nSPS) is 26.4. The number of carbonyl (C=O) groups excluding carboxylic acids is 1. The molecular formula is C15H26N4O10. The Hall–Kier alpha value is -2.78. The molecule has 1 saturated heterocycles. The molecule has 5 atom stereocenters. The molecule has 1 amide bonds. The Morgan fingerprint density at radius 1 is 0.966 bits per heavy atom. The highest BCUT2D eigenvalue weighted by molar-refractivity contribution is 5.89. The quantitative estimate of drug-likeness (QED) is 0.111. The summed E-state index contributed by atoms with van der Waals surface area (Å²) in [6.07, 6.45) is -3.59. The predicted molar refractivity (Wildman–Crippen MR) is 95.6 cm³/mol. The lowest BCUT2D eigenvalue weighted by Crippen LogP contribution is -2.70. The van der Waals surface area contributed by atoms with E-state index < -0.39 is 61.5 Å². The molecule has 29 heavy (non-hydrogen) atoms. The van der Waals surface area contributed by atoms with Gasteiger partial charge >= 0.3 is 11.9 Å². The van der Waals surface area contributed by atoms with Gasteiger partial charge in [0.1, 0.15) is 18.3 Å². The van der Waals surface area contributed by atoms with Crippen molar-refractivity contribution in [1.82, 2.24) is 9.80 Å². The number of carboxylic acid groups (broad SMARTS) is 2. The second-order valence-electron chi connectivity index (χ2n) is 6.02. The zero-order valence-corrected chi connectivity index (χ0v) is 15.5. The molecule has 1 aliphatic rings. The van der Waals surface area contributed by atoms with Gasteiger partial charge in [-0.1, -0.05) is 0 Å². The number of rotatable bonds is 6. The Labute approximate surface area is 165 Å². The minimum Gasteiger partial charge on any atom is -0.478 e. The average Bonchev–Trinajstić information content (AvgIpc) is 2.64. The molecule has 0 aromatic heterocycles. The number of likely N-dealkylation sites (tertiary alicyclic amines) is 1. The molecule has 1 unspecified atom stereocenters. The first-order valence-electron chi connectivity index (χ1n) is 8.15. The minimum atomic E-state index is -1.59. The highest BCUT2D eigenvalue weighted by Gasteiger charge is 2.49. The van der Waals surface area contributed by atoms with E-state index >= 15 is 0 Å². The van der Waals surface area contributed by atoms with Crippen LogP contribution in [0.15, 0.2) is 12.2 Å². The molecule has 14 nitrogen and oxygen atoms in total. The van der Waals surface area contributed by atoms with E-state index in [2.05, 4.69) is 0 Å². The lowest BCUT2D eigenvalue weighted by Gasteiger charge is -2.48. The van der Waals surface area contributed by atoms with Gasteiger partial charge in [-0.15, -0.1) is 0 Å². The van der Waals surface area contributed by atoms with Gasteiger partial charge in [0.25, 0.3) is 0 Å². The number of likely N-dealkylation sites (N-methyl/N-ethyl adjacent to an activating group) is 1. The molecule has 1 heterocycles.